The molecule has 1 aromatic rings. The first-order chi connectivity index (χ1) is 10.3. The minimum atomic E-state index is 0.669. The lowest BCUT2D eigenvalue weighted by Gasteiger charge is -2.06. The number of ether oxygens (including phenoxy) is 1. The van der Waals surface area contributed by atoms with Crippen molar-refractivity contribution in [2.24, 2.45) is 5.92 Å². The highest BCUT2D eigenvalue weighted by molar-refractivity contribution is 5.50. The van der Waals surface area contributed by atoms with E-state index < -0.39 is 0 Å². The van der Waals surface area contributed by atoms with Crippen molar-refractivity contribution in [1.29, 1.82) is 0 Å². The second-order valence-electron chi connectivity index (χ2n) is 6.02. The summed E-state index contributed by atoms with van der Waals surface area (Å²) in [4.78, 5) is 0. The molecule has 0 aliphatic carbocycles. The van der Waals surface area contributed by atoms with Gasteiger partial charge in [0.15, 0.2) is 0 Å². The van der Waals surface area contributed by atoms with Gasteiger partial charge in [-0.15, -0.1) is 0 Å². The summed E-state index contributed by atoms with van der Waals surface area (Å²) in [5.41, 5.74) is 1.25. The summed E-state index contributed by atoms with van der Waals surface area (Å²) in [5.74, 6) is 1.59. The van der Waals surface area contributed by atoms with Crippen molar-refractivity contribution in [2.45, 2.75) is 65.2 Å². The van der Waals surface area contributed by atoms with Crippen LogP contribution in [0.15, 0.2) is 30.3 Å². The lowest BCUT2D eigenvalue weighted by Crippen LogP contribution is -1.90. The Balaban J connectivity index is 2.14. The number of hydrogen-bond donors (Lipinski definition) is 0. The van der Waals surface area contributed by atoms with Crippen LogP contribution in [-0.4, -0.2) is 7.11 Å². The quantitative estimate of drug-likeness (QED) is 0.423. The Morgan fingerprint density at radius 3 is 2.19 bits per heavy atom. The molecule has 118 valence electrons. The van der Waals surface area contributed by atoms with Crippen molar-refractivity contribution < 1.29 is 4.74 Å². The topological polar surface area (TPSA) is 9.23 Å². The largest absolute Gasteiger partial charge is 0.497 e. The zero-order chi connectivity index (χ0) is 15.3. The molecule has 0 aliphatic rings. The van der Waals surface area contributed by atoms with E-state index in [2.05, 4.69) is 38.1 Å². The molecule has 0 spiro atoms. The van der Waals surface area contributed by atoms with Crippen molar-refractivity contribution >= 4 is 6.08 Å². The molecule has 0 radical (unpaired) electrons. The maximum Gasteiger partial charge on any atom is 0.118 e. The SMILES string of the molecule is CCCCCCCCCC(C)C=Cc1ccc(OC)cc1. The van der Waals surface area contributed by atoms with E-state index in [1.165, 1.54) is 56.9 Å². The van der Waals surface area contributed by atoms with Crippen molar-refractivity contribution in [3.63, 3.8) is 0 Å². The molecule has 0 saturated carbocycles. The Labute approximate surface area is 131 Å². The van der Waals surface area contributed by atoms with Crippen LogP contribution >= 0.6 is 0 Å². The fourth-order valence-corrected chi connectivity index (χ4v) is 2.51. The second-order valence-corrected chi connectivity index (χ2v) is 6.02. The zero-order valence-corrected chi connectivity index (χ0v) is 14.1. The lowest BCUT2D eigenvalue weighted by molar-refractivity contribution is 0.415. The van der Waals surface area contributed by atoms with Gasteiger partial charge in [0.05, 0.1) is 7.11 Å². The highest BCUT2D eigenvalue weighted by Gasteiger charge is 1.98. The van der Waals surface area contributed by atoms with E-state index in [0.29, 0.717) is 5.92 Å². The van der Waals surface area contributed by atoms with Crippen LogP contribution in [0.2, 0.25) is 0 Å². The number of unbranched alkanes of at least 4 members (excludes halogenated alkanes) is 6. The molecule has 1 aromatic carbocycles. The first-order valence-corrected chi connectivity index (χ1v) is 8.58. The Kier molecular flexibility index (Phi) is 9.69. The molecule has 0 bridgehead atoms. The summed E-state index contributed by atoms with van der Waals surface area (Å²) in [6.07, 6.45) is 15.6. The van der Waals surface area contributed by atoms with Crippen LogP contribution < -0.4 is 4.74 Å². The maximum atomic E-state index is 5.17. The highest BCUT2D eigenvalue weighted by atomic mass is 16.5. The molecule has 0 aliphatic heterocycles. The Morgan fingerprint density at radius 2 is 1.57 bits per heavy atom. The fourth-order valence-electron chi connectivity index (χ4n) is 2.51. The molecule has 1 nitrogen and oxygen atoms in total. The summed E-state index contributed by atoms with van der Waals surface area (Å²) in [6, 6.07) is 8.24. The first-order valence-electron chi connectivity index (χ1n) is 8.58. The van der Waals surface area contributed by atoms with Crippen LogP contribution in [0.4, 0.5) is 0 Å². The van der Waals surface area contributed by atoms with E-state index >= 15 is 0 Å². The predicted octanol–water partition coefficient (Wildman–Crippen LogP) is 6.49. The van der Waals surface area contributed by atoms with Gasteiger partial charge in [0, 0.05) is 0 Å². The van der Waals surface area contributed by atoms with Gasteiger partial charge >= 0.3 is 0 Å². The number of benzene rings is 1. The lowest BCUT2D eigenvalue weighted by atomic mass is 10.0. The third kappa shape index (κ3) is 8.60. The minimum absolute atomic E-state index is 0.669. The maximum absolute atomic E-state index is 5.17. The van der Waals surface area contributed by atoms with Crippen LogP contribution in [0.1, 0.15) is 70.8 Å². The van der Waals surface area contributed by atoms with Gasteiger partial charge in [0.2, 0.25) is 0 Å². The molecule has 0 aromatic heterocycles. The number of hydrogen-bond acceptors (Lipinski definition) is 1. The first kappa shape index (κ1) is 17.8. The van der Waals surface area contributed by atoms with Crippen LogP contribution in [0, 0.1) is 5.92 Å². The van der Waals surface area contributed by atoms with Crippen LogP contribution in [-0.2, 0) is 0 Å². The van der Waals surface area contributed by atoms with Gasteiger partial charge in [0.25, 0.3) is 0 Å². The normalized spacial score (nSPS) is 12.7. The monoisotopic (exact) mass is 288 g/mol. The van der Waals surface area contributed by atoms with E-state index in [9.17, 15) is 0 Å². The van der Waals surface area contributed by atoms with E-state index in [1.54, 1.807) is 7.11 Å². The molecule has 0 amide bonds. The van der Waals surface area contributed by atoms with Crippen LogP contribution in [0.25, 0.3) is 6.08 Å². The molecule has 1 unspecified atom stereocenters. The van der Waals surface area contributed by atoms with Crippen molar-refractivity contribution in [1.82, 2.24) is 0 Å². The molecule has 0 fully saturated rings. The highest BCUT2D eigenvalue weighted by Crippen LogP contribution is 2.16. The third-order valence-corrected chi connectivity index (χ3v) is 4.00. The zero-order valence-electron chi connectivity index (χ0n) is 14.1. The average Bonchev–Trinajstić information content (AvgIpc) is 2.52. The van der Waals surface area contributed by atoms with Gasteiger partial charge in [-0.3, -0.25) is 0 Å². The van der Waals surface area contributed by atoms with Gasteiger partial charge in [-0.25, -0.2) is 0 Å². The van der Waals surface area contributed by atoms with Gasteiger partial charge in [-0.1, -0.05) is 83.1 Å². The van der Waals surface area contributed by atoms with E-state index in [0.717, 1.165) is 5.75 Å². The van der Waals surface area contributed by atoms with E-state index in [4.69, 9.17) is 4.74 Å². The Bertz CT molecular complexity index is 377. The van der Waals surface area contributed by atoms with Gasteiger partial charge < -0.3 is 4.74 Å². The molecule has 1 rings (SSSR count). The molecule has 21 heavy (non-hydrogen) atoms. The van der Waals surface area contributed by atoms with Crippen molar-refractivity contribution in [2.75, 3.05) is 7.11 Å². The molecule has 0 N–H and O–H groups in total. The Morgan fingerprint density at radius 1 is 0.952 bits per heavy atom. The van der Waals surface area contributed by atoms with Gasteiger partial charge in [-0.05, 0) is 30.0 Å². The Hall–Kier alpha value is -1.24. The van der Waals surface area contributed by atoms with Gasteiger partial charge in [-0.2, -0.15) is 0 Å². The molecule has 1 atom stereocenters. The summed E-state index contributed by atoms with van der Waals surface area (Å²) in [7, 11) is 1.70. The molecular weight excluding hydrogens is 256 g/mol. The van der Waals surface area contributed by atoms with Gasteiger partial charge in [0.1, 0.15) is 5.75 Å². The summed E-state index contributed by atoms with van der Waals surface area (Å²) in [6.45, 7) is 4.59. The smallest absolute Gasteiger partial charge is 0.118 e. The molecule has 0 heterocycles. The molecule has 0 saturated heterocycles. The summed E-state index contributed by atoms with van der Waals surface area (Å²) in [5, 5.41) is 0. The standard InChI is InChI=1S/C20H32O/c1-4-5-6-7-8-9-10-11-18(2)12-13-19-14-16-20(21-3)17-15-19/h12-18H,4-11H2,1-3H3. The minimum Gasteiger partial charge on any atom is -0.497 e. The summed E-state index contributed by atoms with van der Waals surface area (Å²) < 4.78 is 5.17. The fraction of sp³-hybridized carbons (Fsp3) is 0.600. The third-order valence-electron chi connectivity index (χ3n) is 4.00. The van der Waals surface area contributed by atoms with E-state index in [-0.39, 0.29) is 0 Å². The van der Waals surface area contributed by atoms with Crippen molar-refractivity contribution in [3.05, 3.63) is 35.9 Å². The number of methoxy groups -OCH3 is 1. The van der Waals surface area contributed by atoms with E-state index in [1.807, 2.05) is 12.1 Å². The van der Waals surface area contributed by atoms with Crippen molar-refractivity contribution in [3.8, 4) is 5.75 Å². The summed E-state index contributed by atoms with van der Waals surface area (Å²) >= 11 is 0. The molecule has 1 heteroatoms. The average molecular weight is 288 g/mol. The van der Waals surface area contributed by atoms with Crippen LogP contribution in [0.5, 0.6) is 5.75 Å². The second kappa shape index (κ2) is 11.4. The number of allylic oxidation sites excluding steroid dienone is 1. The van der Waals surface area contributed by atoms with Crippen LogP contribution in [0.3, 0.4) is 0 Å². The predicted molar refractivity (Wildman–Crippen MR) is 93.8 cm³/mol. The molecular formula is C20H32O. The number of rotatable bonds is 11.